The van der Waals surface area contributed by atoms with Crippen LogP contribution in [0.5, 0.6) is 5.75 Å². The SMILES string of the molecule is Nc1nonc1C(=O)Nc1cc(Br)ccc1O. The number of nitrogens with one attached hydrogen (secondary N) is 1. The van der Waals surface area contributed by atoms with Crippen LogP contribution in [-0.4, -0.2) is 21.3 Å². The lowest BCUT2D eigenvalue weighted by Gasteiger charge is -2.05. The van der Waals surface area contributed by atoms with Crippen molar-refractivity contribution in [2.45, 2.75) is 0 Å². The van der Waals surface area contributed by atoms with Crippen molar-refractivity contribution in [2.24, 2.45) is 0 Å². The van der Waals surface area contributed by atoms with E-state index in [4.69, 9.17) is 5.73 Å². The molecular formula is C9H7BrN4O3. The van der Waals surface area contributed by atoms with Crippen LogP contribution in [0.1, 0.15) is 10.5 Å². The Kier molecular flexibility index (Phi) is 2.96. The minimum Gasteiger partial charge on any atom is -0.506 e. The van der Waals surface area contributed by atoms with Crippen molar-refractivity contribution in [3.63, 3.8) is 0 Å². The highest BCUT2D eigenvalue weighted by atomic mass is 79.9. The summed E-state index contributed by atoms with van der Waals surface area (Å²) in [5.74, 6) is -0.800. The third-order valence-electron chi connectivity index (χ3n) is 1.94. The summed E-state index contributed by atoms with van der Waals surface area (Å²) in [5.41, 5.74) is 5.46. The van der Waals surface area contributed by atoms with Gasteiger partial charge in [0.05, 0.1) is 5.69 Å². The average Bonchev–Trinajstić information content (AvgIpc) is 2.70. The van der Waals surface area contributed by atoms with Crippen LogP contribution in [0, 0.1) is 0 Å². The van der Waals surface area contributed by atoms with Crippen molar-refractivity contribution in [3.05, 3.63) is 28.4 Å². The quantitative estimate of drug-likeness (QED) is 0.722. The Balaban J connectivity index is 2.24. The molecule has 0 radical (unpaired) electrons. The second-order valence-electron chi connectivity index (χ2n) is 3.11. The van der Waals surface area contributed by atoms with Crippen molar-refractivity contribution in [2.75, 3.05) is 11.1 Å². The molecule has 1 aromatic carbocycles. The van der Waals surface area contributed by atoms with Gasteiger partial charge >= 0.3 is 0 Å². The molecule has 2 rings (SSSR count). The second kappa shape index (κ2) is 4.42. The first-order valence-corrected chi connectivity index (χ1v) is 5.25. The molecule has 4 N–H and O–H groups in total. The van der Waals surface area contributed by atoms with E-state index in [-0.39, 0.29) is 22.9 Å². The molecule has 0 bridgehead atoms. The number of carbonyl (C=O) groups excluding carboxylic acids is 1. The van der Waals surface area contributed by atoms with Crippen molar-refractivity contribution in [1.82, 2.24) is 10.3 Å². The van der Waals surface area contributed by atoms with Gasteiger partial charge in [-0.2, -0.15) is 0 Å². The Labute approximate surface area is 104 Å². The maximum Gasteiger partial charge on any atom is 0.281 e. The van der Waals surface area contributed by atoms with Gasteiger partial charge in [0.25, 0.3) is 5.91 Å². The number of aromatic nitrogens is 2. The second-order valence-corrected chi connectivity index (χ2v) is 4.03. The molecule has 0 atom stereocenters. The Morgan fingerprint density at radius 2 is 2.24 bits per heavy atom. The van der Waals surface area contributed by atoms with Gasteiger partial charge in [0.15, 0.2) is 0 Å². The number of nitrogen functional groups attached to an aromatic ring is 1. The molecule has 0 saturated carbocycles. The third kappa shape index (κ3) is 2.36. The number of phenolic OH excluding ortho intramolecular Hbond substituents is 1. The molecule has 1 amide bonds. The van der Waals surface area contributed by atoms with Crippen LogP contribution in [0.25, 0.3) is 0 Å². The van der Waals surface area contributed by atoms with Crippen molar-refractivity contribution >= 4 is 33.3 Å². The number of rotatable bonds is 2. The van der Waals surface area contributed by atoms with Crippen molar-refractivity contribution in [3.8, 4) is 5.75 Å². The highest BCUT2D eigenvalue weighted by molar-refractivity contribution is 9.10. The Hall–Kier alpha value is -2.09. The first kappa shape index (κ1) is 11.4. The lowest BCUT2D eigenvalue weighted by atomic mass is 10.3. The zero-order chi connectivity index (χ0) is 12.4. The fourth-order valence-corrected chi connectivity index (χ4v) is 1.50. The molecule has 8 heteroatoms. The summed E-state index contributed by atoms with van der Waals surface area (Å²) in [4.78, 5) is 11.7. The number of hydrogen-bond donors (Lipinski definition) is 3. The molecule has 1 aromatic heterocycles. The fourth-order valence-electron chi connectivity index (χ4n) is 1.14. The van der Waals surface area contributed by atoms with Crippen LogP contribution < -0.4 is 11.1 Å². The Morgan fingerprint density at radius 3 is 2.88 bits per heavy atom. The van der Waals surface area contributed by atoms with Crippen molar-refractivity contribution < 1.29 is 14.5 Å². The van der Waals surface area contributed by atoms with Crippen LogP contribution >= 0.6 is 15.9 Å². The van der Waals surface area contributed by atoms with Crippen LogP contribution in [0.15, 0.2) is 27.3 Å². The van der Waals surface area contributed by atoms with Gasteiger partial charge in [-0.1, -0.05) is 15.9 Å². The largest absolute Gasteiger partial charge is 0.506 e. The van der Waals surface area contributed by atoms with Gasteiger partial charge in [-0.25, -0.2) is 4.63 Å². The predicted molar refractivity (Wildman–Crippen MR) is 62.5 cm³/mol. The maximum absolute atomic E-state index is 11.7. The monoisotopic (exact) mass is 298 g/mol. The average molecular weight is 299 g/mol. The molecule has 17 heavy (non-hydrogen) atoms. The van der Waals surface area contributed by atoms with E-state index < -0.39 is 5.91 Å². The number of anilines is 2. The van der Waals surface area contributed by atoms with E-state index >= 15 is 0 Å². The molecule has 0 aliphatic carbocycles. The van der Waals surface area contributed by atoms with Gasteiger partial charge in [0, 0.05) is 4.47 Å². The topological polar surface area (TPSA) is 114 Å². The highest BCUT2D eigenvalue weighted by Crippen LogP contribution is 2.27. The molecule has 0 spiro atoms. The smallest absolute Gasteiger partial charge is 0.281 e. The van der Waals surface area contributed by atoms with E-state index in [1.165, 1.54) is 12.1 Å². The minimum absolute atomic E-state index is 0.0726. The van der Waals surface area contributed by atoms with E-state index in [1.54, 1.807) is 6.07 Å². The van der Waals surface area contributed by atoms with Gasteiger partial charge in [0.2, 0.25) is 11.5 Å². The molecule has 2 aromatic rings. The molecule has 1 heterocycles. The van der Waals surface area contributed by atoms with E-state index in [0.717, 1.165) is 0 Å². The number of phenols is 1. The first-order valence-electron chi connectivity index (χ1n) is 4.46. The molecule has 7 nitrogen and oxygen atoms in total. The third-order valence-corrected chi connectivity index (χ3v) is 2.43. The van der Waals surface area contributed by atoms with Crippen LogP contribution in [0.4, 0.5) is 11.5 Å². The zero-order valence-corrected chi connectivity index (χ0v) is 9.93. The summed E-state index contributed by atoms with van der Waals surface area (Å²) in [7, 11) is 0. The molecule has 0 aliphatic heterocycles. The van der Waals surface area contributed by atoms with Crippen LogP contribution in [-0.2, 0) is 0 Å². The summed E-state index contributed by atoms with van der Waals surface area (Å²) in [5, 5.41) is 18.6. The number of amides is 1. The normalized spacial score (nSPS) is 10.2. The number of hydrogen-bond acceptors (Lipinski definition) is 6. The molecule has 0 fully saturated rings. The number of nitrogens with zero attached hydrogens (tertiary/aromatic N) is 2. The van der Waals surface area contributed by atoms with Gasteiger partial charge < -0.3 is 16.2 Å². The van der Waals surface area contributed by atoms with Gasteiger partial charge in [-0.3, -0.25) is 4.79 Å². The summed E-state index contributed by atoms with van der Waals surface area (Å²) in [6.45, 7) is 0. The summed E-state index contributed by atoms with van der Waals surface area (Å²) in [6, 6.07) is 4.61. The van der Waals surface area contributed by atoms with Gasteiger partial charge in [0.1, 0.15) is 5.75 Å². The van der Waals surface area contributed by atoms with E-state index in [2.05, 4.69) is 36.2 Å². The maximum atomic E-state index is 11.7. The highest BCUT2D eigenvalue weighted by Gasteiger charge is 2.17. The lowest BCUT2D eigenvalue weighted by Crippen LogP contribution is -2.14. The molecule has 0 aliphatic rings. The zero-order valence-electron chi connectivity index (χ0n) is 8.35. The van der Waals surface area contributed by atoms with Gasteiger partial charge in [-0.05, 0) is 28.5 Å². The standard InChI is InChI=1S/C9H7BrN4O3/c10-4-1-2-6(15)5(3-4)12-9(16)7-8(11)14-17-13-7/h1-3,15H,(H2,11,14)(H,12,16). The van der Waals surface area contributed by atoms with E-state index in [9.17, 15) is 9.90 Å². The lowest BCUT2D eigenvalue weighted by molar-refractivity contribution is 0.101. The van der Waals surface area contributed by atoms with E-state index in [0.29, 0.717) is 4.47 Å². The number of carbonyl (C=O) groups is 1. The summed E-state index contributed by atoms with van der Waals surface area (Å²) >= 11 is 3.22. The number of halogens is 1. The summed E-state index contributed by atoms with van der Waals surface area (Å²) in [6.07, 6.45) is 0. The van der Waals surface area contributed by atoms with Crippen molar-refractivity contribution in [1.29, 1.82) is 0 Å². The van der Waals surface area contributed by atoms with E-state index in [1.807, 2.05) is 0 Å². The Morgan fingerprint density at radius 1 is 1.47 bits per heavy atom. The molecule has 0 saturated heterocycles. The van der Waals surface area contributed by atoms with Crippen LogP contribution in [0.2, 0.25) is 0 Å². The summed E-state index contributed by atoms with van der Waals surface area (Å²) < 4.78 is 5.01. The Bertz CT molecular complexity index is 569. The number of benzene rings is 1. The molecular weight excluding hydrogens is 292 g/mol. The fraction of sp³-hybridized carbons (Fsp3) is 0. The first-order chi connectivity index (χ1) is 8.08. The minimum atomic E-state index is -0.614. The van der Waals surface area contributed by atoms with Crippen LogP contribution in [0.3, 0.4) is 0 Å². The number of nitrogens with two attached hydrogens (primary N) is 1. The van der Waals surface area contributed by atoms with Gasteiger partial charge in [-0.15, -0.1) is 0 Å². The molecule has 0 unspecified atom stereocenters. The predicted octanol–water partition coefficient (Wildman–Crippen LogP) is 1.37. The number of aromatic hydroxyl groups is 1. The molecule has 88 valence electrons.